The number of hydrogen-bond donors (Lipinski definition) is 0. The van der Waals surface area contributed by atoms with Crippen LogP contribution in [0.15, 0.2) is 54.6 Å². The molecule has 3 rings (SSSR count). The molecule has 0 amide bonds. The van der Waals surface area contributed by atoms with Crippen LogP contribution >= 0.6 is 0 Å². The molecule has 0 atom stereocenters. The fourth-order valence-corrected chi connectivity index (χ4v) is 3.23. The Morgan fingerprint density at radius 2 is 1.50 bits per heavy atom. The highest BCUT2D eigenvalue weighted by Gasteiger charge is 2.17. The van der Waals surface area contributed by atoms with Crippen LogP contribution in [-0.4, -0.2) is 18.0 Å². The molecule has 22 heavy (non-hydrogen) atoms. The molecule has 1 aliphatic carbocycles. The smallest absolute Gasteiger partial charge is 0.127 e. The Bertz CT molecular complexity index is 558. The summed E-state index contributed by atoms with van der Waals surface area (Å²) in [6.45, 7) is 1.02. The van der Waals surface area contributed by atoms with E-state index in [-0.39, 0.29) is 0 Å². The Kier molecular flexibility index (Phi) is 5.12. The first kappa shape index (κ1) is 15.1. The summed E-state index contributed by atoms with van der Waals surface area (Å²) in [7, 11) is 2.25. The first-order valence-electron chi connectivity index (χ1n) is 8.33. The molecular formula is C20H25NO. The molecule has 1 fully saturated rings. The van der Waals surface area contributed by atoms with Gasteiger partial charge in [-0.3, -0.25) is 4.90 Å². The van der Waals surface area contributed by atoms with Gasteiger partial charge in [0.05, 0.1) is 0 Å². The first-order valence-corrected chi connectivity index (χ1v) is 8.33. The summed E-state index contributed by atoms with van der Waals surface area (Å²) in [5, 5.41) is 0. The van der Waals surface area contributed by atoms with Gasteiger partial charge in [-0.05, 0) is 49.7 Å². The molecule has 0 heterocycles. The van der Waals surface area contributed by atoms with Crippen molar-refractivity contribution < 1.29 is 4.74 Å². The van der Waals surface area contributed by atoms with Crippen molar-refractivity contribution in [3.8, 4) is 11.5 Å². The van der Waals surface area contributed by atoms with Crippen molar-refractivity contribution in [2.45, 2.75) is 44.7 Å². The van der Waals surface area contributed by atoms with Gasteiger partial charge in [0.2, 0.25) is 0 Å². The van der Waals surface area contributed by atoms with Crippen LogP contribution in [0.2, 0.25) is 0 Å². The minimum absolute atomic E-state index is 0.758. The molecule has 0 aliphatic heterocycles. The van der Waals surface area contributed by atoms with Crippen molar-refractivity contribution in [2.75, 3.05) is 7.05 Å². The van der Waals surface area contributed by atoms with E-state index in [1.54, 1.807) is 0 Å². The van der Waals surface area contributed by atoms with E-state index in [1.807, 2.05) is 30.3 Å². The van der Waals surface area contributed by atoms with E-state index < -0.39 is 0 Å². The fraction of sp³-hybridized carbons (Fsp3) is 0.400. The van der Waals surface area contributed by atoms with Crippen molar-refractivity contribution in [1.82, 2.24) is 4.90 Å². The zero-order chi connectivity index (χ0) is 15.2. The van der Waals surface area contributed by atoms with Crippen LogP contribution in [0.5, 0.6) is 11.5 Å². The van der Waals surface area contributed by atoms with E-state index >= 15 is 0 Å². The van der Waals surface area contributed by atoms with Gasteiger partial charge in [-0.15, -0.1) is 0 Å². The Morgan fingerprint density at radius 3 is 2.18 bits per heavy atom. The van der Waals surface area contributed by atoms with Gasteiger partial charge >= 0.3 is 0 Å². The quantitative estimate of drug-likeness (QED) is 0.747. The predicted molar refractivity (Wildman–Crippen MR) is 91.3 cm³/mol. The summed E-state index contributed by atoms with van der Waals surface area (Å²) in [6.07, 6.45) is 6.89. The van der Waals surface area contributed by atoms with E-state index in [1.165, 1.54) is 37.7 Å². The summed E-state index contributed by atoms with van der Waals surface area (Å²) in [6, 6.07) is 19.2. The van der Waals surface area contributed by atoms with E-state index in [2.05, 4.69) is 36.2 Å². The lowest BCUT2D eigenvalue weighted by atomic mass is 9.94. The Balaban J connectivity index is 1.57. The van der Waals surface area contributed by atoms with Gasteiger partial charge in [-0.2, -0.15) is 0 Å². The average molecular weight is 295 g/mol. The van der Waals surface area contributed by atoms with Crippen LogP contribution in [-0.2, 0) is 6.54 Å². The topological polar surface area (TPSA) is 12.5 Å². The van der Waals surface area contributed by atoms with Crippen LogP contribution in [0.4, 0.5) is 0 Å². The highest BCUT2D eigenvalue weighted by molar-refractivity contribution is 5.32. The second-order valence-corrected chi connectivity index (χ2v) is 6.27. The van der Waals surface area contributed by atoms with Crippen molar-refractivity contribution in [3.63, 3.8) is 0 Å². The molecule has 2 aromatic carbocycles. The van der Waals surface area contributed by atoms with Crippen LogP contribution in [0.3, 0.4) is 0 Å². The number of nitrogens with zero attached hydrogens (tertiary/aromatic N) is 1. The maximum atomic E-state index is 5.84. The third-order valence-electron chi connectivity index (χ3n) is 4.53. The number of para-hydroxylation sites is 1. The average Bonchev–Trinajstić information content (AvgIpc) is 2.58. The number of rotatable bonds is 5. The molecule has 0 radical (unpaired) electrons. The minimum atomic E-state index is 0.758. The molecule has 1 saturated carbocycles. The molecule has 0 aromatic heterocycles. The summed E-state index contributed by atoms with van der Waals surface area (Å²) < 4.78 is 5.84. The van der Waals surface area contributed by atoms with Crippen molar-refractivity contribution in [3.05, 3.63) is 60.2 Å². The van der Waals surface area contributed by atoms with Crippen LogP contribution in [0, 0.1) is 0 Å². The third kappa shape index (κ3) is 4.11. The SMILES string of the molecule is CN(Cc1ccc(Oc2ccccc2)cc1)C1CCCCC1. The summed E-state index contributed by atoms with van der Waals surface area (Å²) in [5.41, 5.74) is 1.36. The second-order valence-electron chi connectivity index (χ2n) is 6.27. The van der Waals surface area contributed by atoms with Crippen LogP contribution in [0.1, 0.15) is 37.7 Å². The van der Waals surface area contributed by atoms with E-state index in [9.17, 15) is 0 Å². The minimum Gasteiger partial charge on any atom is -0.457 e. The zero-order valence-corrected chi connectivity index (χ0v) is 13.4. The van der Waals surface area contributed by atoms with Crippen LogP contribution < -0.4 is 4.74 Å². The summed E-state index contributed by atoms with van der Waals surface area (Å²) >= 11 is 0. The predicted octanol–water partition coefficient (Wildman–Crippen LogP) is 5.24. The Hall–Kier alpha value is -1.80. The van der Waals surface area contributed by atoms with Crippen LogP contribution in [0.25, 0.3) is 0 Å². The monoisotopic (exact) mass is 295 g/mol. The fourth-order valence-electron chi connectivity index (χ4n) is 3.23. The van der Waals surface area contributed by atoms with Gasteiger partial charge in [0.15, 0.2) is 0 Å². The lowest BCUT2D eigenvalue weighted by Gasteiger charge is -2.31. The summed E-state index contributed by atoms with van der Waals surface area (Å²) in [5.74, 6) is 1.78. The second kappa shape index (κ2) is 7.46. The van der Waals surface area contributed by atoms with Crippen molar-refractivity contribution in [2.24, 2.45) is 0 Å². The third-order valence-corrected chi connectivity index (χ3v) is 4.53. The highest BCUT2D eigenvalue weighted by atomic mass is 16.5. The molecule has 0 bridgehead atoms. The van der Waals surface area contributed by atoms with Gasteiger partial charge < -0.3 is 4.74 Å². The van der Waals surface area contributed by atoms with Crippen molar-refractivity contribution in [1.29, 1.82) is 0 Å². The summed E-state index contributed by atoms with van der Waals surface area (Å²) in [4.78, 5) is 2.51. The first-order chi connectivity index (χ1) is 10.8. The molecule has 2 aromatic rings. The van der Waals surface area contributed by atoms with Gasteiger partial charge in [0.25, 0.3) is 0 Å². The number of hydrogen-bond acceptors (Lipinski definition) is 2. The largest absolute Gasteiger partial charge is 0.457 e. The Labute approximate surface area is 133 Å². The molecule has 2 nitrogen and oxygen atoms in total. The highest BCUT2D eigenvalue weighted by Crippen LogP contribution is 2.24. The molecule has 0 unspecified atom stereocenters. The molecule has 0 N–H and O–H groups in total. The zero-order valence-electron chi connectivity index (χ0n) is 13.4. The molecule has 116 valence electrons. The molecule has 0 spiro atoms. The molecule has 1 aliphatic rings. The Morgan fingerprint density at radius 1 is 0.864 bits per heavy atom. The maximum Gasteiger partial charge on any atom is 0.127 e. The molecule has 2 heteroatoms. The van der Waals surface area contributed by atoms with Gasteiger partial charge in [-0.1, -0.05) is 49.6 Å². The normalized spacial score (nSPS) is 15.9. The lowest BCUT2D eigenvalue weighted by molar-refractivity contribution is 0.184. The maximum absolute atomic E-state index is 5.84. The van der Waals surface area contributed by atoms with Gasteiger partial charge in [-0.25, -0.2) is 0 Å². The van der Waals surface area contributed by atoms with Gasteiger partial charge in [0, 0.05) is 12.6 Å². The van der Waals surface area contributed by atoms with E-state index in [0.717, 1.165) is 24.1 Å². The molecule has 0 saturated heterocycles. The number of benzene rings is 2. The lowest BCUT2D eigenvalue weighted by Crippen LogP contribution is -2.32. The number of ether oxygens (including phenoxy) is 1. The standard InChI is InChI=1S/C20H25NO/c1-21(18-8-4-2-5-9-18)16-17-12-14-20(15-13-17)22-19-10-6-3-7-11-19/h3,6-7,10-15,18H,2,4-5,8-9,16H2,1H3. The van der Waals surface area contributed by atoms with Gasteiger partial charge in [0.1, 0.15) is 11.5 Å². The van der Waals surface area contributed by atoms with E-state index in [0.29, 0.717) is 0 Å². The van der Waals surface area contributed by atoms with Crippen molar-refractivity contribution >= 4 is 0 Å². The van der Waals surface area contributed by atoms with E-state index in [4.69, 9.17) is 4.74 Å². The molecular weight excluding hydrogens is 270 g/mol.